The van der Waals surface area contributed by atoms with Crippen LogP contribution in [0.4, 0.5) is 0 Å². The summed E-state index contributed by atoms with van der Waals surface area (Å²) in [6.07, 6.45) is 0.241. The molecule has 0 aliphatic heterocycles. The molecule has 0 spiro atoms. The third-order valence-electron chi connectivity index (χ3n) is 4.47. The molecule has 0 unspecified atom stereocenters. The number of hydrogen-bond acceptors (Lipinski definition) is 3. The first kappa shape index (κ1) is 19.8. The van der Waals surface area contributed by atoms with E-state index in [0.717, 1.165) is 13.0 Å². The van der Waals surface area contributed by atoms with Gasteiger partial charge in [0.05, 0.1) is 12.7 Å². The maximum Gasteiger partial charge on any atom is 0.191 e. The molecule has 0 radical (unpaired) electrons. The highest BCUT2D eigenvalue weighted by atomic mass is 28.4. The lowest BCUT2D eigenvalue weighted by Gasteiger charge is -2.37. The Morgan fingerprint density at radius 1 is 1.25 bits per heavy atom. The van der Waals surface area contributed by atoms with E-state index in [9.17, 15) is 5.11 Å². The van der Waals surface area contributed by atoms with Crippen molar-refractivity contribution in [2.24, 2.45) is 11.8 Å². The van der Waals surface area contributed by atoms with E-state index >= 15 is 0 Å². The fraction of sp³-hybridized carbons (Fsp3) is 0.875. The summed E-state index contributed by atoms with van der Waals surface area (Å²) in [5, 5.41) is 19.2. The van der Waals surface area contributed by atoms with E-state index in [4.69, 9.17) is 9.53 Å². The third kappa shape index (κ3) is 6.08. The predicted octanol–water partition coefficient (Wildman–Crippen LogP) is 3.58. The molecule has 0 saturated heterocycles. The van der Waals surface area contributed by atoms with Crippen LogP contribution in [-0.2, 0) is 4.43 Å². The largest absolute Gasteiger partial charge is 0.417 e. The van der Waals surface area contributed by atoms with E-state index in [0.29, 0.717) is 11.5 Å². The fourth-order valence-electron chi connectivity index (χ4n) is 1.89. The van der Waals surface area contributed by atoms with Crippen molar-refractivity contribution in [1.82, 2.24) is 0 Å². The summed E-state index contributed by atoms with van der Waals surface area (Å²) in [5.41, 5.74) is 0.495. The van der Waals surface area contributed by atoms with Crippen LogP contribution in [0, 0.1) is 11.8 Å². The number of aliphatic hydroxyl groups excluding tert-OH is 2. The standard InChI is InChI=1S/C16H34O3Si/c1-12(9-13(2)15(18)14(3)10-17)11-19-20(7,8)16(4,5)6/h12-13,15,17-18H,3,9-11H2,1-2,4-8H3/t12-,13+,15+/m1/s1. The van der Waals surface area contributed by atoms with Gasteiger partial charge in [-0.15, -0.1) is 0 Å². The quantitative estimate of drug-likeness (QED) is 0.532. The normalized spacial score (nSPS) is 17.6. The first-order valence-electron chi connectivity index (χ1n) is 7.53. The van der Waals surface area contributed by atoms with Crippen molar-refractivity contribution in [2.75, 3.05) is 13.2 Å². The summed E-state index contributed by atoms with van der Waals surface area (Å²) in [5.74, 6) is 0.480. The lowest BCUT2D eigenvalue weighted by molar-refractivity contribution is 0.112. The number of hydrogen-bond donors (Lipinski definition) is 2. The lowest BCUT2D eigenvalue weighted by atomic mass is 9.90. The Morgan fingerprint density at radius 2 is 1.75 bits per heavy atom. The van der Waals surface area contributed by atoms with Crippen LogP contribution < -0.4 is 0 Å². The monoisotopic (exact) mass is 302 g/mol. The van der Waals surface area contributed by atoms with Crippen LogP contribution in [0.5, 0.6) is 0 Å². The minimum atomic E-state index is -1.69. The molecule has 0 aromatic rings. The van der Waals surface area contributed by atoms with Crippen molar-refractivity contribution in [3.8, 4) is 0 Å². The van der Waals surface area contributed by atoms with Crippen molar-refractivity contribution < 1.29 is 14.6 Å². The van der Waals surface area contributed by atoms with Crippen molar-refractivity contribution in [1.29, 1.82) is 0 Å². The summed E-state index contributed by atoms with van der Waals surface area (Å²) in [4.78, 5) is 0. The average Bonchev–Trinajstić information content (AvgIpc) is 2.33. The van der Waals surface area contributed by atoms with Gasteiger partial charge < -0.3 is 14.6 Å². The van der Waals surface area contributed by atoms with Gasteiger partial charge >= 0.3 is 0 Å². The molecule has 0 aromatic heterocycles. The Labute approximate surface area is 126 Å². The highest BCUT2D eigenvalue weighted by Crippen LogP contribution is 2.37. The topological polar surface area (TPSA) is 49.7 Å². The van der Waals surface area contributed by atoms with Gasteiger partial charge in [-0.1, -0.05) is 41.2 Å². The van der Waals surface area contributed by atoms with Crippen LogP contribution in [0.3, 0.4) is 0 Å². The number of aliphatic hydroxyl groups is 2. The molecule has 0 rings (SSSR count). The van der Waals surface area contributed by atoms with Gasteiger partial charge in [0.1, 0.15) is 0 Å². The SMILES string of the molecule is C=C(CO)[C@@H](O)[C@@H](C)C[C@@H](C)CO[Si](C)(C)C(C)(C)C. The molecule has 2 N–H and O–H groups in total. The van der Waals surface area contributed by atoms with Crippen LogP contribution in [0.15, 0.2) is 12.2 Å². The van der Waals surface area contributed by atoms with Gasteiger partial charge in [-0.3, -0.25) is 0 Å². The molecule has 3 nitrogen and oxygen atoms in total. The predicted molar refractivity (Wildman–Crippen MR) is 88.3 cm³/mol. The van der Waals surface area contributed by atoms with Gasteiger partial charge in [0.15, 0.2) is 8.32 Å². The van der Waals surface area contributed by atoms with E-state index in [1.165, 1.54) is 0 Å². The zero-order valence-electron chi connectivity index (χ0n) is 14.4. The molecule has 3 atom stereocenters. The Morgan fingerprint density at radius 3 is 2.15 bits per heavy atom. The van der Waals surface area contributed by atoms with Gasteiger partial charge in [0.2, 0.25) is 0 Å². The van der Waals surface area contributed by atoms with E-state index in [2.05, 4.69) is 47.4 Å². The van der Waals surface area contributed by atoms with E-state index in [1.807, 2.05) is 6.92 Å². The zero-order valence-corrected chi connectivity index (χ0v) is 15.4. The second-order valence-corrected chi connectivity index (χ2v) is 12.5. The van der Waals surface area contributed by atoms with Crippen LogP contribution in [0.2, 0.25) is 18.1 Å². The maximum atomic E-state index is 10.0. The highest BCUT2D eigenvalue weighted by Gasteiger charge is 2.37. The molecule has 0 aromatic carbocycles. The van der Waals surface area contributed by atoms with Gasteiger partial charge in [-0.2, -0.15) is 0 Å². The molecular formula is C16H34O3Si. The van der Waals surface area contributed by atoms with Gasteiger partial charge in [-0.25, -0.2) is 0 Å². The van der Waals surface area contributed by atoms with Crippen molar-refractivity contribution >= 4 is 8.32 Å². The van der Waals surface area contributed by atoms with E-state index in [-0.39, 0.29) is 17.6 Å². The third-order valence-corrected chi connectivity index (χ3v) is 8.97. The molecule has 0 bridgehead atoms. The first-order valence-corrected chi connectivity index (χ1v) is 10.4. The molecule has 0 amide bonds. The second kappa shape index (κ2) is 7.73. The fourth-order valence-corrected chi connectivity index (χ4v) is 3.03. The zero-order chi connectivity index (χ0) is 16.1. The summed E-state index contributed by atoms with van der Waals surface area (Å²) in [7, 11) is -1.69. The second-order valence-electron chi connectivity index (χ2n) is 7.65. The van der Waals surface area contributed by atoms with Gasteiger partial charge in [0, 0.05) is 6.61 Å². The van der Waals surface area contributed by atoms with Gasteiger partial charge in [0.25, 0.3) is 0 Å². The first-order chi connectivity index (χ1) is 8.92. The van der Waals surface area contributed by atoms with E-state index in [1.54, 1.807) is 0 Å². The molecule has 0 heterocycles. The Kier molecular flexibility index (Phi) is 7.67. The Balaban J connectivity index is 4.31. The maximum absolute atomic E-state index is 10.0. The smallest absolute Gasteiger partial charge is 0.191 e. The number of rotatable bonds is 8. The Bertz CT molecular complexity index is 307. The molecular weight excluding hydrogens is 268 g/mol. The summed E-state index contributed by atoms with van der Waals surface area (Å²) >= 11 is 0. The molecule has 120 valence electrons. The highest BCUT2D eigenvalue weighted by molar-refractivity contribution is 6.74. The van der Waals surface area contributed by atoms with Crippen molar-refractivity contribution in [2.45, 2.75) is 65.3 Å². The van der Waals surface area contributed by atoms with Crippen molar-refractivity contribution in [3.63, 3.8) is 0 Å². The average molecular weight is 303 g/mol. The minimum absolute atomic E-state index is 0.0904. The van der Waals surface area contributed by atoms with Crippen LogP contribution in [0.25, 0.3) is 0 Å². The summed E-state index contributed by atoms with van der Waals surface area (Å²) < 4.78 is 6.21. The summed E-state index contributed by atoms with van der Waals surface area (Å²) in [6.45, 7) is 19.6. The van der Waals surface area contributed by atoms with E-state index < -0.39 is 14.4 Å². The molecule has 0 fully saturated rings. The summed E-state index contributed by atoms with van der Waals surface area (Å²) in [6, 6.07) is 0. The van der Waals surface area contributed by atoms with Crippen LogP contribution >= 0.6 is 0 Å². The molecule has 4 heteroatoms. The van der Waals surface area contributed by atoms with Crippen LogP contribution in [-0.4, -0.2) is 37.8 Å². The molecule has 20 heavy (non-hydrogen) atoms. The Hall–Kier alpha value is -0.163. The minimum Gasteiger partial charge on any atom is -0.417 e. The lowest BCUT2D eigenvalue weighted by Crippen LogP contribution is -2.42. The molecule has 0 aliphatic carbocycles. The molecule has 0 aliphatic rings. The molecule has 0 saturated carbocycles. The van der Waals surface area contributed by atoms with Crippen LogP contribution in [0.1, 0.15) is 41.0 Å². The van der Waals surface area contributed by atoms with Gasteiger partial charge in [-0.05, 0) is 42.0 Å². The van der Waals surface area contributed by atoms with Crippen molar-refractivity contribution in [3.05, 3.63) is 12.2 Å².